The molecule has 3 aromatic rings. The van der Waals surface area contributed by atoms with Crippen LogP contribution in [-0.4, -0.2) is 45.3 Å². The number of aromatic nitrogens is 2. The first-order valence-corrected chi connectivity index (χ1v) is 12.1. The second-order valence-corrected chi connectivity index (χ2v) is 9.91. The fourth-order valence-corrected chi connectivity index (χ4v) is 5.51. The van der Waals surface area contributed by atoms with Crippen LogP contribution in [0.2, 0.25) is 0 Å². The van der Waals surface area contributed by atoms with E-state index in [9.17, 15) is 4.79 Å². The highest BCUT2D eigenvalue weighted by molar-refractivity contribution is 7.15. The second-order valence-electron chi connectivity index (χ2n) is 8.71. The van der Waals surface area contributed by atoms with Gasteiger partial charge in [0, 0.05) is 24.5 Å². The standard InChI is InChI=1S/C25H29N5OS/c1-17-18(2)32-25(26-17)28-23-11-5-9-21(27-23)22-10-6-13-30(22)24(31)16-29-14-12-19-7-3-4-8-20(19)15-29/h3-5,7-9,11,22H,6,10,12-16H2,1-2H3,(H,26,27,28)/t22-/m1/s1. The number of fused-ring (bicyclic) bond motifs is 1. The molecule has 4 heterocycles. The number of nitrogens with one attached hydrogen (secondary N) is 1. The van der Waals surface area contributed by atoms with Gasteiger partial charge in [-0.2, -0.15) is 0 Å². The molecule has 0 aliphatic carbocycles. The van der Waals surface area contributed by atoms with Gasteiger partial charge in [-0.3, -0.25) is 9.69 Å². The number of thiazole rings is 1. The molecule has 166 valence electrons. The topological polar surface area (TPSA) is 61.4 Å². The van der Waals surface area contributed by atoms with Crippen LogP contribution in [0.25, 0.3) is 0 Å². The summed E-state index contributed by atoms with van der Waals surface area (Å²) in [4.78, 5) is 28.2. The molecular formula is C25H29N5OS. The smallest absolute Gasteiger partial charge is 0.237 e. The maximum atomic E-state index is 13.3. The Kier molecular flexibility index (Phi) is 5.93. The van der Waals surface area contributed by atoms with Crippen molar-refractivity contribution in [2.24, 2.45) is 0 Å². The van der Waals surface area contributed by atoms with Crippen LogP contribution in [0.1, 0.15) is 46.3 Å². The lowest BCUT2D eigenvalue weighted by Gasteiger charge is -2.31. The number of amides is 1. The Morgan fingerprint density at radius 1 is 1.09 bits per heavy atom. The van der Waals surface area contributed by atoms with E-state index in [0.717, 1.165) is 61.2 Å². The monoisotopic (exact) mass is 447 g/mol. The van der Waals surface area contributed by atoms with E-state index in [0.29, 0.717) is 6.54 Å². The van der Waals surface area contributed by atoms with Gasteiger partial charge in [-0.05, 0) is 56.4 Å². The van der Waals surface area contributed by atoms with Crippen molar-refractivity contribution in [3.63, 3.8) is 0 Å². The minimum Gasteiger partial charge on any atom is -0.333 e. The normalized spacial score (nSPS) is 18.6. The number of benzene rings is 1. The van der Waals surface area contributed by atoms with Crippen LogP contribution in [0.5, 0.6) is 0 Å². The van der Waals surface area contributed by atoms with E-state index in [1.165, 1.54) is 16.0 Å². The third-order valence-corrected chi connectivity index (χ3v) is 7.51. The second kappa shape index (κ2) is 9.00. The molecule has 0 spiro atoms. The molecule has 0 radical (unpaired) electrons. The highest BCUT2D eigenvalue weighted by atomic mass is 32.1. The summed E-state index contributed by atoms with van der Waals surface area (Å²) in [6.45, 7) is 7.16. The molecule has 1 atom stereocenters. The number of carbonyl (C=O) groups excluding carboxylic acids is 1. The highest BCUT2D eigenvalue weighted by Crippen LogP contribution is 2.32. The van der Waals surface area contributed by atoms with Gasteiger partial charge in [-0.15, -0.1) is 11.3 Å². The van der Waals surface area contributed by atoms with Gasteiger partial charge in [0.15, 0.2) is 5.13 Å². The number of anilines is 2. The largest absolute Gasteiger partial charge is 0.333 e. The molecular weight excluding hydrogens is 418 g/mol. The van der Waals surface area contributed by atoms with Crippen molar-refractivity contribution < 1.29 is 4.79 Å². The van der Waals surface area contributed by atoms with Gasteiger partial charge in [0.1, 0.15) is 5.82 Å². The summed E-state index contributed by atoms with van der Waals surface area (Å²) in [5, 5.41) is 4.19. The van der Waals surface area contributed by atoms with Crippen LogP contribution in [0.15, 0.2) is 42.5 Å². The van der Waals surface area contributed by atoms with Gasteiger partial charge < -0.3 is 10.2 Å². The molecule has 6 nitrogen and oxygen atoms in total. The number of hydrogen-bond acceptors (Lipinski definition) is 6. The van der Waals surface area contributed by atoms with Gasteiger partial charge in [0.05, 0.1) is 24.0 Å². The Morgan fingerprint density at radius 3 is 2.75 bits per heavy atom. The Bertz CT molecular complexity index is 1110. The maximum absolute atomic E-state index is 13.3. The number of nitrogens with zero attached hydrogens (tertiary/aromatic N) is 4. The zero-order valence-electron chi connectivity index (χ0n) is 18.7. The van der Waals surface area contributed by atoms with Crippen molar-refractivity contribution in [2.45, 2.75) is 45.7 Å². The first-order valence-electron chi connectivity index (χ1n) is 11.3. The predicted molar refractivity (Wildman–Crippen MR) is 128 cm³/mol. The lowest BCUT2D eigenvalue weighted by molar-refractivity contribution is -0.133. The summed E-state index contributed by atoms with van der Waals surface area (Å²) in [5.41, 5.74) is 4.75. The van der Waals surface area contributed by atoms with Gasteiger partial charge >= 0.3 is 0 Å². The van der Waals surface area contributed by atoms with E-state index in [1.54, 1.807) is 11.3 Å². The first kappa shape index (κ1) is 21.1. The molecule has 1 aromatic carbocycles. The van der Waals surface area contributed by atoms with Gasteiger partial charge in [0.25, 0.3) is 0 Å². The quantitative estimate of drug-likeness (QED) is 0.618. The predicted octanol–water partition coefficient (Wildman–Crippen LogP) is 4.62. The van der Waals surface area contributed by atoms with Crippen LogP contribution in [0.4, 0.5) is 10.9 Å². The molecule has 0 bridgehead atoms. The number of aryl methyl sites for hydroxylation is 2. The Hall–Kier alpha value is -2.77. The lowest BCUT2D eigenvalue weighted by Crippen LogP contribution is -2.42. The van der Waals surface area contributed by atoms with Gasteiger partial charge in [-0.1, -0.05) is 30.3 Å². The molecule has 1 fully saturated rings. The van der Waals surface area contributed by atoms with Crippen molar-refractivity contribution in [1.29, 1.82) is 0 Å². The highest BCUT2D eigenvalue weighted by Gasteiger charge is 2.32. The number of carbonyl (C=O) groups is 1. The molecule has 2 aliphatic heterocycles. The van der Waals surface area contributed by atoms with Crippen molar-refractivity contribution >= 4 is 28.2 Å². The van der Waals surface area contributed by atoms with Crippen molar-refractivity contribution in [2.75, 3.05) is 25.0 Å². The van der Waals surface area contributed by atoms with Crippen LogP contribution >= 0.6 is 11.3 Å². The van der Waals surface area contributed by atoms with Gasteiger partial charge in [-0.25, -0.2) is 9.97 Å². The fraction of sp³-hybridized carbons (Fsp3) is 0.400. The number of hydrogen-bond donors (Lipinski definition) is 1. The summed E-state index contributed by atoms with van der Waals surface area (Å²) in [6, 6.07) is 14.6. The molecule has 2 aliphatic rings. The summed E-state index contributed by atoms with van der Waals surface area (Å²) in [6.07, 6.45) is 2.99. The van der Waals surface area contributed by atoms with E-state index in [2.05, 4.69) is 46.4 Å². The Morgan fingerprint density at radius 2 is 1.94 bits per heavy atom. The van der Waals surface area contributed by atoms with E-state index in [4.69, 9.17) is 4.98 Å². The SMILES string of the molecule is Cc1nc(Nc2cccc([C@H]3CCCN3C(=O)CN3CCc4ccccc4C3)n2)sc1C. The maximum Gasteiger partial charge on any atom is 0.237 e. The molecule has 1 saturated heterocycles. The summed E-state index contributed by atoms with van der Waals surface area (Å²) in [7, 11) is 0. The molecule has 32 heavy (non-hydrogen) atoms. The molecule has 5 rings (SSSR count). The molecule has 2 aromatic heterocycles. The molecule has 0 saturated carbocycles. The average molecular weight is 448 g/mol. The third-order valence-electron chi connectivity index (χ3n) is 6.52. The minimum atomic E-state index is 0.0427. The van der Waals surface area contributed by atoms with Crippen LogP contribution in [0.3, 0.4) is 0 Å². The van der Waals surface area contributed by atoms with Crippen molar-refractivity contribution in [1.82, 2.24) is 19.8 Å². The molecule has 1 amide bonds. The van der Waals surface area contributed by atoms with E-state index < -0.39 is 0 Å². The molecule has 7 heteroatoms. The van der Waals surface area contributed by atoms with Crippen molar-refractivity contribution in [3.8, 4) is 0 Å². The van der Waals surface area contributed by atoms with Crippen LogP contribution in [-0.2, 0) is 17.8 Å². The summed E-state index contributed by atoms with van der Waals surface area (Å²) in [5.74, 6) is 0.987. The zero-order valence-corrected chi connectivity index (χ0v) is 19.5. The van der Waals surface area contributed by atoms with Crippen LogP contribution in [0, 0.1) is 13.8 Å². The minimum absolute atomic E-state index is 0.0427. The average Bonchev–Trinajstić information content (AvgIpc) is 3.40. The third kappa shape index (κ3) is 4.40. The summed E-state index contributed by atoms with van der Waals surface area (Å²) < 4.78 is 0. The van der Waals surface area contributed by atoms with E-state index in [1.807, 2.05) is 30.0 Å². The fourth-order valence-electron chi connectivity index (χ4n) is 4.69. The van der Waals surface area contributed by atoms with E-state index >= 15 is 0 Å². The number of rotatable bonds is 5. The Balaban J connectivity index is 1.27. The lowest BCUT2D eigenvalue weighted by atomic mass is 10.00. The number of pyridine rings is 1. The molecule has 1 N–H and O–H groups in total. The number of likely N-dealkylation sites (tertiary alicyclic amines) is 1. The summed E-state index contributed by atoms with van der Waals surface area (Å²) >= 11 is 1.64. The zero-order chi connectivity index (χ0) is 22.1. The van der Waals surface area contributed by atoms with Crippen LogP contribution < -0.4 is 5.32 Å². The van der Waals surface area contributed by atoms with Crippen molar-refractivity contribution in [3.05, 3.63) is 69.9 Å². The molecule has 0 unspecified atom stereocenters. The Labute approximate surface area is 193 Å². The van der Waals surface area contributed by atoms with E-state index in [-0.39, 0.29) is 11.9 Å². The first-order chi connectivity index (χ1) is 15.6. The van der Waals surface area contributed by atoms with Gasteiger partial charge in [0.2, 0.25) is 5.91 Å².